The lowest BCUT2D eigenvalue weighted by Gasteiger charge is -2.38. The standard InChI is InChI=1S/C23H30N2O2S/c1-5-17(4)25(21(26)6-2)15-22(27)24-13-11-20-19(12-14-28-20)23(24)18-9-7-16(3)8-10-18/h7-10,12,14,17,23H,5-6,11,13,15H2,1-4H3. The Morgan fingerprint density at radius 3 is 2.57 bits per heavy atom. The van der Waals surface area contributed by atoms with Crippen LogP contribution in [0.1, 0.15) is 61.2 Å². The summed E-state index contributed by atoms with van der Waals surface area (Å²) in [5, 5.41) is 2.12. The van der Waals surface area contributed by atoms with Crippen molar-refractivity contribution in [3.8, 4) is 0 Å². The van der Waals surface area contributed by atoms with Gasteiger partial charge in [-0.15, -0.1) is 11.3 Å². The van der Waals surface area contributed by atoms with E-state index in [9.17, 15) is 9.59 Å². The number of amides is 2. The molecule has 0 saturated heterocycles. The molecule has 0 aliphatic carbocycles. The molecule has 3 rings (SSSR count). The van der Waals surface area contributed by atoms with Crippen molar-refractivity contribution < 1.29 is 9.59 Å². The largest absolute Gasteiger partial charge is 0.331 e. The number of carbonyl (C=O) groups is 2. The number of hydrogen-bond acceptors (Lipinski definition) is 3. The molecule has 28 heavy (non-hydrogen) atoms. The number of carbonyl (C=O) groups excluding carboxylic acids is 2. The fourth-order valence-electron chi connectivity index (χ4n) is 3.84. The summed E-state index contributed by atoms with van der Waals surface area (Å²) in [6.07, 6.45) is 2.15. The van der Waals surface area contributed by atoms with E-state index in [0.717, 1.165) is 18.4 Å². The van der Waals surface area contributed by atoms with Gasteiger partial charge in [0.15, 0.2) is 0 Å². The average molecular weight is 399 g/mol. The van der Waals surface area contributed by atoms with Gasteiger partial charge in [-0.1, -0.05) is 43.7 Å². The van der Waals surface area contributed by atoms with Crippen LogP contribution in [0.15, 0.2) is 35.7 Å². The second kappa shape index (κ2) is 8.91. The van der Waals surface area contributed by atoms with E-state index in [1.54, 1.807) is 16.2 Å². The van der Waals surface area contributed by atoms with Gasteiger partial charge < -0.3 is 9.80 Å². The first-order valence-electron chi connectivity index (χ1n) is 10.2. The van der Waals surface area contributed by atoms with Gasteiger partial charge >= 0.3 is 0 Å². The summed E-state index contributed by atoms with van der Waals surface area (Å²) < 4.78 is 0. The van der Waals surface area contributed by atoms with E-state index in [-0.39, 0.29) is 30.4 Å². The lowest BCUT2D eigenvalue weighted by atomic mass is 9.92. The minimum absolute atomic E-state index is 0.0320. The van der Waals surface area contributed by atoms with Crippen molar-refractivity contribution in [3.63, 3.8) is 0 Å². The third kappa shape index (κ3) is 4.14. The number of fused-ring (bicyclic) bond motifs is 1. The van der Waals surface area contributed by atoms with Crippen molar-refractivity contribution >= 4 is 23.2 Å². The van der Waals surface area contributed by atoms with Crippen molar-refractivity contribution in [1.82, 2.24) is 9.80 Å². The summed E-state index contributed by atoms with van der Waals surface area (Å²) in [6.45, 7) is 8.85. The Labute approximate surface area is 172 Å². The molecule has 0 saturated carbocycles. The molecule has 0 fully saturated rings. The fraction of sp³-hybridized carbons (Fsp3) is 0.478. The zero-order valence-electron chi connectivity index (χ0n) is 17.3. The van der Waals surface area contributed by atoms with Gasteiger partial charge in [0.05, 0.1) is 6.04 Å². The van der Waals surface area contributed by atoms with Crippen molar-refractivity contribution in [2.75, 3.05) is 13.1 Å². The van der Waals surface area contributed by atoms with Crippen molar-refractivity contribution in [1.29, 1.82) is 0 Å². The zero-order chi connectivity index (χ0) is 20.3. The molecule has 2 amide bonds. The summed E-state index contributed by atoms with van der Waals surface area (Å²) in [7, 11) is 0. The summed E-state index contributed by atoms with van der Waals surface area (Å²) in [5.74, 6) is 0.0762. The highest BCUT2D eigenvalue weighted by atomic mass is 32.1. The quantitative estimate of drug-likeness (QED) is 0.715. The van der Waals surface area contributed by atoms with E-state index in [4.69, 9.17) is 0 Å². The van der Waals surface area contributed by atoms with Crippen molar-refractivity contribution in [2.24, 2.45) is 0 Å². The first-order chi connectivity index (χ1) is 13.5. The molecule has 1 aromatic carbocycles. The molecule has 1 aliphatic heterocycles. The van der Waals surface area contributed by atoms with Crippen molar-refractivity contribution in [3.05, 3.63) is 57.3 Å². The average Bonchev–Trinajstić information content (AvgIpc) is 3.19. The Morgan fingerprint density at radius 2 is 1.93 bits per heavy atom. The van der Waals surface area contributed by atoms with Gasteiger partial charge in [0.1, 0.15) is 6.54 Å². The molecule has 0 radical (unpaired) electrons. The maximum Gasteiger partial charge on any atom is 0.243 e. The summed E-state index contributed by atoms with van der Waals surface area (Å²) >= 11 is 1.77. The molecule has 2 unspecified atom stereocenters. The Bertz CT molecular complexity index is 827. The molecule has 2 atom stereocenters. The molecule has 0 N–H and O–H groups in total. The molecule has 4 nitrogen and oxygen atoms in total. The minimum atomic E-state index is -0.0707. The second-order valence-electron chi connectivity index (χ2n) is 7.58. The molecule has 0 spiro atoms. The maximum absolute atomic E-state index is 13.4. The van der Waals surface area contributed by atoms with Gasteiger partial charge in [-0.25, -0.2) is 0 Å². The SMILES string of the molecule is CCC(=O)N(CC(=O)N1CCc2sccc2C1c1ccc(C)cc1)C(C)CC. The smallest absolute Gasteiger partial charge is 0.243 e. The lowest BCUT2D eigenvalue weighted by Crippen LogP contribution is -2.49. The third-order valence-corrected chi connectivity index (χ3v) is 6.73. The highest BCUT2D eigenvalue weighted by molar-refractivity contribution is 7.10. The van der Waals surface area contributed by atoms with Gasteiger partial charge in [-0.2, -0.15) is 0 Å². The predicted molar refractivity (Wildman–Crippen MR) is 115 cm³/mol. The van der Waals surface area contributed by atoms with Gasteiger partial charge in [-0.3, -0.25) is 9.59 Å². The molecule has 2 aromatic rings. The van der Waals surface area contributed by atoms with E-state index < -0.39 is 0 Å². The van der Waals surface area contributed by atoms with Gasteiger partial charge in [0.2, 0.25) is 11.8 Å². The first-order valence-corrected chi connectivity index (χ1v) is 11.1. The number of nitrogens with zero attached hydrogens (tertiary/aromatic N) is 2. The Morgan fingerprint density at radius 1 is 1.21 bits per heavy atom. The maximum atomic E-state index is 13.4. The topological polar surface area (TPSA) is 40.6 Å². The van der Waals surface area contributed by atoms with Gasteiger partial charge in [0, 0.05) is 23.9 Å². The summed E-state index contributed by atoms with van der Waals surface area (Å²) in [5.41, 5.74) is 3.57. The van der Waals surface area contributed by atoms with Crippen LogP contribution < -0.4 is 0 Å². The summed E-state index contributed by atoms with van der Waals surface area (Å²) in [4.78, 5) is 30.9. The van der Waals surface area contributed by atoms with E-state index >= 15 is 0 Å². The van der Waals surface area contributed by atoms with E-state index in [0.29, 0.717) is 13.0 Å². The Balaban J connectivity index is 1.91. The number of hydrogen-bond donors (Lipinski definition) is 0. The monoisotopic (exact) mass is 398 g/mol. The van der Waals surface area contributed by atoms with Crippen LogP contribution in [0.5, 0.6) is 0 Å². The molecule has 1 aliphatic rings. The fourth-order valence-corrected chi connectivity index (χ4v) is 4.75. The molecular weight excluding hydrogens is 368 g/mol. The van der Waals surface area contributed by atoms with Crippen LogP contribution in [0.2, 0.25) is 0 Å². The lowest BCUT2D eigenvalue weighted by molar-refractivity contribution is -0.143. The molecule has 2 heterocycles. The highest BCUT2D eigenvalue weighted by Crippen LogP contribution is 2.38. The number of aryl methyl sites for hydroxylation is 1. The number of thiophene rings is 1. The molecule has 150 valence electrons. The molecule has 5 heteroatoms. The van der Waals surface area contributed by atoms with Gasteiger partial charge in [-0.05, 0) is 49.3 Å². The minimum Gasteiger partial charge on any atom is -0.331 e. The van der Waals surface area contributed by atoms with Crippen LogP contribution in [-0.2, 0) is 16.0 Å². The molecule has 1 aromatic heterocycles. The number of benzene rings is 1. The normalized spacial score (nSPS) is 17.1. The Kier molecular flexibility index (Phi) is 6.55. The molecule has 0 bridgehead atoms. The van der Waals surface area contributed by atoms with E-state index in [1.807, 2.05) is 18.7 Å². The van der Waals surface area contributed by atoms with Crippen molar-refractivity contribution in [2.45, 2.75) is 59.0 Å². The Hall–Kier alpha value is -2.14. The predicted octanol–water partition coefficient (Wildman–Crippen LogP) is 4.57. The molecular formula is C23H30N2O2S. The van der Waals surface area contributed by atoms with E-state index in [1.165, 1.54) is 16.0 Å². The zero-order valence-corrected chi connectivity index (χ0v) is 18.1. The first kappa shape index (κ1) is 20.6. The number of rotatable bonds is 6. The van der Waals surface area contributed by atoms with Crippen LogP contribution in [0, 0.1) is 6.92 Å². The van der Waals surface area contributed by atoms with E-state index in [2.05, 4.69) is 49.6 Å². The highest BCUT2D eigenvalue weighted by Gasteiger charge is 2.34. The van der Waals surface area contributed by atoms with Crippen LogP contribution in [0.25, 0.3) is 0 Å². The summed E-state index contributed by atoms with van der Waals surface area (Å²) in [6, 6.07) is 10.6. The van der Waals surface area contributed by atoms with Crippen LogP contribution in [0.4, 0.5) is 0 Å². The van der Waals surface area contributed by atoms with Crippen LogP contribution in [-0.4, -0.2) is 40.7 Å². The van der Waals surface area contributed by atoms with Crippen LogP contribution in [0.3, 0.4) is 0 Å². The second-order valence-corrected chi connectivity index (χ2v) is 8.58. The van der Waals surface area contributed by atoms with Gasteiger partial charge in [0.25, 0.3) is 0 Å². The van der Waals surface area contributed by atoms with Crippen LogP contribution >= 0.6 is 11.3 Å². The third-order valence-electron chi connectivity index (χ3n) is 5.73.